The second-order valence-electron chi connectivity index (χ2n) is 6.07. The van der Waals surface area contributed by atoms with Crippen molar-refractivity contribution in [2.75, 3.05) is 18.0 Å². The molecular weight excluding hydrogens is 304 g/mol. The number of nitrogens with zero attached hydrogens (tertiary/aromatic N) is 5. The van der Waals surface area contributed by atoms with Crippen LogP contribution in [0.2, 0.25) is 0 Å². The van der Waals surface area contributed by atoms with Gasteiger partial charge in [0, 0.05) is 31.7 Å². The van der Waals surface area contributed by atoms with Crippen LogP contribution in [0.25, 0.3) is 5.65 Å². The maximum absolute atomic E-state index is 10.4. The largest absolute Gasteiger partial charge is 0.385 e. The van der Waals surface area contributed by atoms with E-state index < -0.39 is 6.10 Å². The van der Waals surface area contributed by atoms with Crippen molar-refractivity contribution in [2.24, 2.45) is 5.92 Å². The molecule has 4 rings (SSSR count). The maximum Gasteiger partial charge on any atom is 0.169 e. The number of nitriles is 1. The Morgan fingerprint density at radius 3 is 2.88 bits per heavy atom. The van der Waals surface area contributed by atoms with Gasteiger partial charge < -0.3 is 15.0 Å². The monoisotopic (exact) mass is 322 g/mol. The van der Waals surface area contributed by atoms with Crippen LogP contribution in [0, 0.1) is 17.2 Å². The van der Waals surface area contributed by atoms with Crippen LogP contribution >= 0.6 is 0 Å². The fraction of sp³-hybridized carbons (Fsp3) is 0.353. The fourth-order valence-corrected chi connectivity index (χ4v) is 3.40. The summed E-state index contributed by atoms with van der Waals surface area (Å²) in [5.74, 6) is 1.52. The van der Waals surface area contributed by atoms with Crippen molar-refractivity contribution in [1.82, 2.24) is 19.4 Å². The predicted molar refractivity (Wildman–Crippen MR) is 88.4 cm³/mol. The fourth-order valence-electron chi connectivity index (χ4n) is 3.40. The lowest BCUT2D eigenvalue weighted by Gasteiger charge is -2.33. The number of hydrogen-bond acceptors (Lipinski definition) is 5. The first-order chi connectivity index (χ1) is 11.8. The summed E-state index contributed by atoms with van der Waals surface area (Å²) < 4.78 is 1.82. The normalized spacial score (nSPS) is 17.1. The van der Waals surface area contributed by atoms with Gasteiger partial charge in [0.05, 0.1) is 0 Å². The van der Waals surface area contributed by atoms with Gasteiger partial charge in [0.25, 0.3) is 0 Å². The molecule has 0 spiro atoms. The standard InChI is InChI=1S/C17H18N6O/c18-11-13-17(21-14-3-1-2-8-23(13)14)22-9-4-12(5-10-22)15(24)16-19-6-7-20-16/h1-3,6-8,12,15,24H,4-5,9-10H2,(H,19,20). The Hall–Kier alpha value is -2.85. The topological polar surface area (TPSA) is 93.2 Å². The molecule has 0 saturated carbocycles. The van der Waals surface area contributed by atoms with Gasteiger partial charge in [-0.2, -0.15) is 5.26 Å². The van der Waals surface area contributed by atoms with Crippen LogP contribution in [-0.4, -0.2) is 37.5 Å². The second kappa shape index (κ2) is 5.98. The Morgan fingerprint density at radius 2 is 2.17 bits per heavy atom. The minimum absolute atomic E-state index is 0.162. The number of pyridine rings is 1. The molecule has 7 heteroatoms. The van der Waals surface area contributed by atoms with E-state index in [4.69, 9.17) is 0 Å². The summed E-state index contributed by atoms with van der Waals surface area (Å²) in [6, 6.07) is 7.98. The Bertz CT molecular complexity index is 870. The summed E-state index contributed by atoms with van der Waals surface area (Å²) in [5.41, 5.74) is 1.34. The molecule has 1 aliphatic heterocycles. The molecule has 122 valence electrons. The first kappa shape index (κ1) is 14.7. The van der Waals surface area contributed by atoms with Crippen molar-refractivity contribution in [1.29, 1.82) is 5.26 Å². The molecule has 1 saturated heterocycles. The molecule has 1 unspecified atom stereocenters. The number of H-pyrrole nitrogens is 1. The predicted octanol–water partition coefficient (Wildman–Crippen LogP) is 1.88. The van der Waals surface area contributed by atoms with Gasteiger partial charge in [0.1, 0.15) is 23.6 Å². The average Bonchev–Trinajstić information content (AvgIpc) is 3.28. The number of hydrogen-bond donors (Lipinski definition) is 2. The van der Waals surface area contributed by atoms with E-state index in [0.717, 1.165) is 37.4 Å². The van der Waals surface area contributed by atoms with Gasteiger partial charge in [-0.25, -0.2) is 9.97 Å². The number of aromatic nitrogens is 4. The van der Waals surface area contributed by atoms with Crippen LogP contribution in [0.15, 0.2) is 36.8 Å². The highest BCUT2D eigenvalue weighted by molar-refractivity contribution is 5.60. The van der Waals surface area contributed by atoms with Gasteiger partial charge in [-0.15, -0.1) is 0 Å². The number of aliphatic hydroxyl groups is 1. The van der Waals surface area contributed by atoms with Crippen LogP contribution in [0.1, 0.15) is 30.5 Å². The minimum atomic E-state index is -0.571. The smallest absolute Gasteiger partial charge is 0.169 e. The lowest BCUT2D eigenvalue weighted by Crippen LogP contribution is -2.36. The van der Waals surface area contributed by atoms with Crippen molar-refractivity contribution in [3.05, 3.63) is 48.3 Å². The van der Waals surface area contributed by atoms with Crippen molar-refractivity contribution >= 4 is 11.5 Å². The van der Waals surface area contributed by atoms with Crippen LogP contribution in [0.3, 0.4) is 0 Å². The third-order valence-corrected chi connectivity index (χ3v) is 4.70. The van der Waals surface area contributed by atoms with Crippen LogP contribution < -0.4 is 4.90 Å². The van der Waals surface area contributed by atoms with E-state index in [0.29, 0.717) is 11.5 Å². The van der Waals surface area contributed by atoms with E-state index in [2.05, 4.69) is 25.9 Å². The quantitative estimate of drug-likeness (QED) is 0.768. The minimum Gasteiger partial charge on any atom is -0.385 e. The highest BCUT2D eigenvalue weighted by atomic mass is 16.3. The Kier molecular flexibility index (Phi) is 3.67. The zero-order valence-electron chi connectivity index (χ0n) is 13.1. The molecule has 1 aliphatic rings. The first-order valence-electron chi connectivity index (χ1n) is 8.07. The molecule has 7 nitrogen and oxygen atoms in total. The van der Waals surface area contributed by atoms with E-state index in [1.807, 2.05) is 28.8 Å². The number of aliphatic hydroxyl groups excluding tert-OH is 1. The van der Waals surface area contributed by atoms with Crippen LogP contribution in [-0.2, 0) is 0 Å². The summed E-state index contributed by atoms with van der Waals surface area (Å²) >= 11 is 0. The number of imidazole rings is 2. The lowest BCUT2D eigenvalue weighted by atomic mass is 9.91. The molecule has 1 atom stereocenters. The van der Waals surface area contributed by atoms with Gasteiger partial charge in [-0.1, -0.05) is 6.07 Å². The zero-order chi connectivity index (χ0) is 16.5. The van der Waals surface area contributed by atoms with Crippen molar-refractivity contribution in [3.63, 3.8) is 0 Å². The summed E-state index contributed by atoms with van der Waals surface area (Å²) in [5, 5.41) is 19.9. The summed E-state index contributed by atoms with van der Waals surface area (Å²) in [6.07, 6.45) is 6.34. The van der Waals surface area contributed by atoms with Crippen molar-refractivity contribution < 1.29 is 5.11 Å². The Labute approximate surface area is 139 Å². The number of fused-ring (bicyclic) bond motifs is 1. The van der Waals surface area contributed by atoms with Gasteiger partial charge >= 0.3 is 0 Å². The lowest BCUT2D eigenvalue weighted by molar-refractivity contribution is 0.0856. The molecule has 4 heterocycles. The van der Waals surface area contributed by atoms with Gasteiger partial charge in [-0.3, -0.25) is 4.40 Å². The molecule has 1 fully saturated rings. The summed E-state index contributed by atoms with van der Waals surface area (Å²) in [6.45, 7) is 1.53. The average molecular weight is 322 g/mol. The van der Waals surface area contributed by atoms with Gasteiger partial charge in [-0.05, 0) is 30.9 Å². The molecular formula is C17H18N6O. The molecule has 0 radical (unpaired) electrons. The second-order valence-corrected chi connectivity index (χ2v) is 6.07. The molecule has 0 aromatic carbocycles. The molecule has 24 heavy (non-hydrogen) atoms. The SMILES string of the molecule is N#Cc1c(N2CCC(C(O)c3ncc[nH]3)CC2)nc2ccccn12. The molecule has 2 N–H and O–H groups in total. The Balaban J connectivity index is 1.53. The van der Waals surface area contributed by atoms with Crippen molar-refractivity contribution in [2.45, 2.75) is 18.9 Å². The van der Waals surface area contributed by atoms with Gasteiger partial charge in [0.15, 0.2) is 11.5 Å². The number of anilines is 1. The number of nitrogens with one attached hydrogen (secondary N) is 1. The third kappa shape index (κ3) is 2.41. The number of rotatable bonds is 3. The van der Waals surface area contributed by atoms with E-state index in [-0.39, 0.29) is 5.92 Å². The first-order valence-corrected chi connectivity index (χ1v) is 8.07. The van der Waals surface area contributed by atoms with Crippen LogP contribution in [0.5, 0.6) is 0 Å². The van der Waals surface area contributed by atoms with Gasteiger partial charge in [0.2, 0.25) is 0 Å². The molecule has 3 aromatic rings. The highest BCUT2D eigenvalue weighted by Gasteiger charge is 2.29. The maximum atomic E-state index is 10.4. The number of piperidine rings is 1. The molecule has 0 amide bonds. The van der Waals surface area contributed by atoms with E-state index in [1.165, 1.54) is 0 Å². The summed E-state index contributed by atoms with van der Waals surface area (Å²) in [7, 11) is 0. The molecule has 3 aromatic heterocycles. The van der Waals surface area contributed by atoms with E-state index in [1.54, 1.807) is 12.4 Å². The Morgan fingerprint density at radius 1 is 1.33 bits per heavy atom. The van der Waals surface area contributed by atoms with E-state index >= 15 is 0 Å². The highest BCUT2D eigenvalue weighted by Crippen LogP contribution is 2.32. The van der Waals surface area contributed by atoms with E-state index in [9.17, 15) is 10.4 Å². The molecule has 0 aliphatic carbocycles. The third-order valence-electron chi connectivity index (χ3n) is 4.70. The van der Waals surface area contributed by atoms with Crippen molar-refractivity contribution in [3.8, 4) is 6.07 Å². The molecule has 0 bridgehead atoms. The van der Waals surface area contributed by atoms with Crippen LogP contribution in [0.4, 0.5) is 5.82 Å². The number of aromatic amines is 1. The zero-order valence-corrected chi connectivity index (χ0v) is 13.1. The summed E-state index contributed by atoms with van der Waals surface area (Å²) in [4.78, 5) is 13.9.